The van der Waals surface area contributed by atoms with Crippen LogP contribution in [0, 0.1) is 6.92 Å². The number of aryl methyl sites for hydroxylation is 1. The summed E-state index contributed by atoms with van der Waals surface area (Å²) in [5.41, 5.74) is 2.32. The number of carbonyl (C=O) groups is 1. The number of rotatable bonds is 7. The highest BCUT2D eigenvalue weighted by molar-refractivity contribution is 7.98. The molecule has 2 aromatic carbocycles. The van der Waals surface area contributed by atoms with E-state index in [2.05, 4.69) is 10.4 Å². The zero-order chi connectivity index (χ0) is 21.9. The van der Waals surface area contributed by atoms with E-state index in [-0.39, 0.29) is 16.8 Å². The Morgan fingerprint density at radius 1 is 1.23 bits per heavy atom. The molecule has 9 heteroatoms. The van der Waals surface area contributed by atoms with Crippen LogP contribution in [0.1, 0.15) is 39.6 Å². The Morgan fingerprint density at radius 3 is 2.53 bits per heavy atom. The molecule has 0 bridgehead atoms. The predicted molar refractivity (Wildman–Crippen MR) is 121 cm³/mol. The minimum Gasteiger partial charge on any atom is -0.335 e. The van der Waals surface area contributed by atoms with Gasteiger partial charge in [0.25, 0.3) is 5.91 Å². The molecule has 0 aliphatic rings. The lowest BCUT2D eigenvalue weighted by Crippen LogP contribution is -2.29. The number of amides is 1. The van der Waals surface area contributed by atoms with Crippen LogP contribution in [0.2, 0.25) is 0 Å². The van der Waals surface area contributed by atoms with E-state index in [1.165, 1.54) is 12.1 Å². The lowest BCUT2D eigenvalue weighted by Gasteiger charge is -2.26. The Hall–Kier alpha value is -2.20. The second kappa shape index (κ2) is 9.30. The van der Waals surface area contributed by atoms with Gasteiger partial charge in [0.2, 0.25) is 10.0 Å². The number of sulfonamides is 1. The molecule has 1 aromatic heterocycles. The van der Waals surface area contributed by atoms with Crippen LogP contribution >= 0.6 is 23.1 Å². The number of primary sulfonamides is 1. The van der Waals surface area contributed by atoms with Gasteiger partial charge in [0.05, 0.1) is 21.6 Å². The molecule has 158 valence electrons. The van der Waals surface area contributed by atoms with Gasteiger partial charge in [-0.1, -0.05) is 12.1 Å². The summed E-state index contributed by atoms with van der Waals surface area (Å²) in [6.45, 7) is 3.84. The number of hydrogen-bond donors (Lipinski definition) is 1. The van der Waals surface area contributed by atoms with Crippen LogP contribution < -0.4 is 5.14 Å². The van der Waals surface area contributed by atoms with E-state index in [9.17, 15) is 13.2 Å². The van der Waals surface area contributed by atoms with Crippen molar-refractivity contribution in [3.05, 3.63) is 75.7 Å². The van der Waals surface area contributed by atoms with Gasteiger partial charge in [0.1, 0.15) is 0 Å². The number of nitrogens with two attached hydrogens (primary N) is 1. The fourth-order valence-corrected chi connectivity index (χ4v) is 4.96. The van der Waals surface area contributed by atoms with Gasteiger partial charge in [0.15, 0.2) is 0 Å². The Kier molecular flexibility index (Phi) is 6.97. The van der Waals surface area contributed by atoms with Crippen LogP contribution in [-0.2, 0) is 15.8 Å². The van der Waals surface area contributed by atoms with Crippen molar-refractivity contribution in [3.8, 4) is 0 Å². The first-order chi connectivity index (χ1) is 14.1. The Balaban J connectivity index is 1.68. The SMILES string of the molecule is Cc1nc(CSc2ccc(C(=O)N(C)C(C)c3cccc(S(N)(=O)=O)c3)cc2)cs1. The molecule has 0 aliphatic heterocycles. The Labute approximate surface area is 185 Å². The molecule has 0 radical (unpaired) electrons. The zero-order valence-corrected chi connectivity index (χ0v) is 19.4. The molecule has 0 saturated heterocycles. The highest BCUT2D eigenvalue weighted by Gasteiger charge is 2.20. The molecule has 1 unspecified atom stereocenters. The van der Waals surface area contributed by atoms with Crippen molar-refractivity contribution in [2.24, 2.45) is 5.14 Å². The molecule has 1 atom stereocenters. The molecule has 3 aromatic rings. The second-order valence-corrected chi connectivity index (χ2v) is 10.6. The fraction of sp³-hybridized carbons (Fsp3) is 0.238. The molecule has 0 saturated carbocycles. The maximum Gasteiger partial charge on any atom is 0.254 e. The number of benzene rings is 2. The first-order valence-electron chi connectivity index (χ1n) is 9.19. The summed E-state index contributed by atoms with van der Waals surface area (Å²) in [5, 5.41) is 8.33. The monoisotopic (exact) mass is 461 g/mol. The van der Waals surface area contributed by atoms with Crippen LogP contribution in [0.5, 0.6) is 0 Å². The third-order valence-corrected chi connectivity index (χ3v) is 7.50. The number of thioether (sulfide) groups is 1. The number of aromatic nitrogens is 1. The van der Waals surface area contributed by atoms with Gasteiger partial charge in [0, 0.05) is 28.6 Å². The summed E-state index contributed by atoms with van der Waals surface area (Å²) in [6, 6.07) is 13.5. The summed E-state index contributed by atoms with van der Waals surface area (Å²) in [5.74, 6) is 0.643. The van der Waals surface area contributed by atoms with Gasteiger partial charge in [-0.25, -0.2) is 18.5 Å². The molecular formula is C21H23N3O3S3. The smallest absolute Gasteiger partial charge is 0.254 e. The summed E-state index contributed by atoms with van der Waals surface area (Å²) in [6.07, 6.45) is 0. The second-order valence-electron chi connectivity index (χ2n) is 6.88. The zero-order valence-electron chi connectivity index (χ0n) is 16.9. The minimum absolute atomic E-state index is 0.0318. The standard InChI is InChI=1S/C21H23N3O3S3/c1-14(17-5-4-6-20(11-17)30(22,26)27)24(3)21(25)16-7-9-19(10-8-16)29-13-18-12-28-15(2)23-18/h4-12,14H,13H2,1-3H3,(H2,22,26,27). The summed E-state index contributed by atoms with van der Waals surface area (Å²) in [4.78, 5) is 20.0. The van der Waals surface area contributed by atoms with Gasteiger partial charge in [-0.3, -0.25) is 4.79 Å². The van der Waals surface area contributed by atoms with E-state index in [0.29, 0.717) is 11.1 Å². The predicted octanol–water partition coefficient (Wildman–Crippen LogP) is 4.22. The highest BCUT2D eigenvalue weighted by Crippen LogP contribution is 2.26. The van der Waals surface area contributed by atoms with Crippen LogP contribution in [0.15, 0.2) is 63.7 Å². The molecule has 1 amide bonds. The minimum atomic E-state index is -3.80. The molecule has 3 rings (SSSR count). The molecule has 6 nitrogen and oxygen atoms in total. The molecule has 30 heavy (non-hydrogen) atoms. The molecular weight excluding hydrogens is 438 g/mol. The molecule has 1 heterocycles. The van der Waals surface area contributed by atoms with Crippen LogP contribution in [-0.4, -0.2) is 31.3 Å². The summed E-state index contributed by atoms with van der Waals surface area (Å²) >= 11 is 3.31. The third-order valence-electron chi connectivity index (χ3n) is 4.72. The van der Waals surface area contributed by atoms with Gasteiger partial charge < -0.3 is 4.90 Å². The fourth-order valence-electron chi connectivity index (χ4n) is 2.88. The van der Waals surface area contributed by atoms with Gasteiger partial charge >= 0.3 is 0 Å². The maximum absolute atomic E-state index is 12.9. The Morgan fingerprint density at radius 2 is 1.93 bits per heavy atom. The van der Waals surface area contributed by atoms with E-state index in [1.54, 1.807) is 59.3 Å². The average molecular weight is 462 g/mol. The van der Waals surface area contributed by atoms with Crippen molar-refractivity contribution in [2.75, 3.05) is 7.05 Å². The topological polar surface area (TPSA) is 93.4 Å². The van der Waals surface area contributed by atoms with Crippen molar-refractivity contribution in [3.63, 3.8) is 0 Å². The van der Waals surface area contributed by atoms with Crippen molar-refractivity contribution in [2.45, 2.75) is 35.4 Å². The number of carbonyl (C=O) groups excluding carboxylic acids is 1. The summed E-state index contributed by atoms with van der Waals surface area (Å²) < 4.78 is 23.2. The molecule has 0 aliphatic carbocycles. The molecule has 0 spiro atoms. The van der Waals surface area contributed by atoms with Gasteiger partial charge in [-0.05, 0) is 55.8 Å². The summed E-state index contributed by atoms with van der Waals surface area (Å²) in [7, 11) is -2.10. The average Bonchev–Trinajstić information content (AvgIpc) is 3.15. The van der Waals surface area contributed by atoms with Crippen molar-refractivity contribution in [1.82, 2.24) is 9.88 Å². The van der Waals surface area contributed by atoms with Crippen LogP contribution in [0.3, 0.4) is 0 Å². The molecule has 2 N–H and O–H groups in total. The molecule has 0 fully saturated rings. The lowest BCUT2D eigenvalue weighted by molar-refractivity contribution is 0.0742. The van der Waals surface area contributed by atoms with E-state index in [4.69, 9.17) is 5.14 Å². The van der Waals surface area contributed by atoms with Gasteiger partial charge in [-0.15, -0.1) is 23.1 Å². The van der Waals surface area contributed by atoms with E-state index in [0.717, 1.165) is 21.3 Å². The van der Waals surface area contributed by atoms with Crippen molar-refractivity contribution < 1.29 is 13.2 Å². The maximum atomic E-state index is 12.9. The first-order valence-corrected chi connectivity index (χ1v) is 12.6. The van der Waals surface area contributed by atoms with E-state index in [1.807, 2.05) is 26.0 Å². The number of nitrogens with zero attached hydrogens (tertiary/aromatic N) is 2. The largest absolute Gasteiger partial charge is 0.335 e. The van der Waals surface area contributed by atoms with Crippen LogP contribution in [0.4, 0.5) is 0 Å². The van der Waals surface area contributed by atoms with E-state index >= 15 is 0 Å². The highest BCUT2D eigenvalue weighted by atomic mass is 32.2. The van der Waals surface area contributed by atoms with Crippen molar-refractivity contribution >= 4 is 39.0 Å². The van der Waals surface area contributed by atoms with E-state index < -0.39 is 10.0 Å². The van der Waals surface area contributed by atoms with Gasteiger partial charge in [-0.2, -0.15) is 0 Å². The van der Waals surface area contributed by atoms with Crippen LogP contribution in [0.25, 0.3) is 0 Å². The quantitative estimate of drug-likeness (QED) is 0.532. The number of hydrogen-bond acceptors (Lipinski definition) is 6. The van der Waals surface area contributed by atoms with Crippen molar-refractivity contribution in [1.29, 1.82) is 0 Å². The first kappa shape index (κ1) is 22.5. The lowest BCUT2D eigenvalue weighted by atomic mass is 10.1. The Bertz CT molecular complexity index is 1140. The number of thiazole rings is 1. The normalized spacial score (nSPS) is 12.5. The third kappa shape index (κ3) is 5.48.